The van der Waals surface area contributed by atoms with Gasteiger partial charge in [-0.05, 0) is 31.0 Å². The molecule has 0 N–H and O–H groups in total. The SMILES string of the molecule is CN(C(=O)C1CCN(c2ccccc2[N+](=O)[O-])CC1)c1nc2ccccc2s1. The predicted molar refractivity (Wildman–Crippen MR) is 111 cm³/mol. The number of nitro benzene ring substituents is 1. The van der Waals surface area contributed by atoms with Crippen LogP contribution in [0.1, 0.15) is 12.8 Å². The van der Waals surface area contributed by atoms with Crippen LogP contribution in [0, 0.1) is 16.0 Å². The lowest BCUT2D eigenvalue weighted by atomic mass is 9.95. The summed E-state index contributed by atoms with van der Waals surface area (Å²) >= 11 is 1.51. The summed E-state index contributed by atoms with van der Waals surface area (Å²) in [5.74, 6) is -0.0442. The predicted octanol–water partition coefficient (Wildman–Crippen LogP) is 4.08. The third kappa shape index (κ3) is 3.43. The number of fused-ring (bicyclic) bond motifs is 1. The topological polar surface area (TPSA) is 79.6 Å². The van der Waals surface area contributed by atoms with E-state index in [0.29, 0.717) is 36.8 Å². The fraction of sp³-hybridized carbons (Fsp3) is 0.300. The first kappa shape index (κ1) is 18.4. The van der Waals surface area contributed by atoms with Crippen molar-refractivity contribution in [1.29, 1.82) is 0 Å². The summed E-state index contributed by atoms with van der Waals surface area (Å²) < 4.78 is 1.06. The summed E-state index contributed by atoms with van der Waals surface area (Å²) in [5.41, 5.74) is 1.63. The lowest BCUT2D eigenvalue weighted by Crippen LogP contribution is -2.41. The van der Waals surface area contributed by atoms with E-state index in [0.717, 1.165) is 10.2 Å². The average molecular weight is 396 g/mol. The van der Waals surface area contributed by atoms with Gasteiger partial charge in [-0.3, -0.25) is 19.8 Å². The molecule has 7 nitrogen and oxygen atoms in total. The maximum Gasteiger partial charge on any atom is 0.292 e. The largest absolute Gasteiger partial charge is 0.366 e. The highest BCUT2D eigenvalue weighted by Gasteiger charge is 2.30. The van der Waals surface area contributed by atoms with Crippen LogP contribution in [0.15, 0.2) is 48.5 Å². The maximum absolute atomic E-state index is 13.0. The van der Waals surface area contributed by atoms with Crippen molar-refractivity contribution in [3.8, 4) is 0 Å². The molecule has 1 fully saturated rings. The van der Waals surface area contributed by atoms with E-state index in [2.05, 4.69) is 4.98 Å². The highest BCUT2D eigenvalue weighted by atomic mass is 32.1. The van der Waals surface area contributed by atoms with Gasteiger partial charge < -0.3 is 4.90 Å². The van der Waals surface area contributed by atoms with Crippen LogP contribution in [0.5, 0.6) is 0 Å². The van der Waals surface area contributed by atoms with Crippen molar-refractivity contribution in [3.63, 3.8) is 0 Å². The molecule has 1 aliphatic heterocycles. The van der Waals surface area contributed by atoms with Crippen LogP contribution in [-0.4, -0.2) is 36.0 Å². The first-order valence-corrected chi connectivity index (χ1v) is 9.98. The van der Waals surface area contributed by atoms with E-state index in [1.807, 2.05) is 29.2 Å². The van der Waals surface area contributed by atoms with Gasteiger partial charge in [-0.2, -0.15) is 0 Å². The molecule has 0 bridgehead atoms. The number of benzene rings is 2. The highest BCUT2D eigenvalue weighted by molar-refractivity contribution is 7.22. The molecule has 2 aromatic carbocycles. The molecule has 1 aliphatic rings. The maximum atomic E-state index is 13.0. The molecule has 8 heteroatoms. The number of para-hydroxylation sites is 3. The van der Waals surface area contributed by atoms with Crippen molar-refractivity contribution in [2.24, 2.45) is 5.92 Å². The normalized spacial score (nSPS) is 15.0. The zero-order chi connectivity index (χ0) is 19.7. The number of hydrogen-bond acceptors (Lipinski definition) is 6. The monoisotopic (exact) mass is 396 g/mol. The molecule has 0 spiro atoms. The van der Waals surface area contributed by atoms with E-state index in [1.165, 1.54) is 17.4 Å². The second kappa shape index (κ2) is 7.55. The molecular weight excluding hydrogens is 376 g/mol. The van der Waals surface area contributed by atoms with Crippen LogP contribution in [0.25, 0.3) is 10.2 Å². The number of nitrogens with zero attached hydrogens (tertiary/aromatic N) is 4. The van der Waals surface area contributed by atoms with Crippen molar-refractivity contribution >= 4 is 44.0 Å². The number of carbonyl (C=O) groups excluding carboxylic acids is 1. The van der Waals surface area contributed by atoms with Gasteiger partial charge in [0.05, 0.1) is 15.1 Å². The summed E-state index contributed by atoms with van der Waals surface area (Å²) in [7, 11) is 1.77. The van der Waals surface area contributed by atoms with E-state index in [-0.39, 0.29) is 22.4 Å². The van der Waals surface area contributed by atoms with Gasteiger partial charge in [0.2, 0.25) is 5.91 Å². The second-order valence-electron chi connectivity index (χ2n) is 6.87. The molecular formula is C20H20N4O3S. The van der Waals surface area contributed by atoms with Crippen molar-refractivity contribution < 1.29 is 9.72 Å². The first-order valence-electron chi connectivity index (χ1n) is 9.16. The number of piperidine rings is 1. The number of aromatic nitrogens is 1. The smallest absolute Gasteiger partial charge is 0.292 e. The molecule has 1 aromatic heterocycles. The molecule has 0 atom stereocenters. The fourth-order valence-corrected chi connectivity index (χ4v) is 4.56. The van der Waals surface area contributed by atoms with Crippen molar-refractivity contribution in [3.05, 3.63) is 58.6 Å². The Morgan fingerprint density at radius 2 is 1.86 bits per heavy atom. The van der Waals surface area contributed by atoms with E-state index in [4.69, 9.17) is 0 Å². The Morgan fingerprint density at radius 1 is 1.18 bits per heavy atom. The summed E-state index contributed by atoms with van der Waals surface area (Å²) in [6.45, 7) is 1.24. The first-order chi connectivity index (χ1) is 13.5. The number of rotatable bonds is 4. The number of amides is 1. The molecule has 0 radical (unpaired) electrons. The molecule has 4 rings (SSSR count). The lowest BCUT2D eigenvalue weighted by Gasteiger charge is -2.33. The van der Waals surface area contributed by atoms with Gasteiger partial charge in [0.1, 0.15) is 5.69 Å². The third-order valence-electron chi connectivity index (χ3n) is 5.16. The number of nitro groups is 1. The molecule has 2 heterocycles. The van der Waals surface area contributed by atoms with Crippen LogP contribution in [0.3, 0.4) is 0 Å². The van der Waals surface area contributed by atoms with E-state index < -0.39 is 0 Å². The molecule has 144 valence electrons. The van der Waals surface area contributed by atoms with E-state index >= 15 is 0 Å². The third-order valence-corrected chi connectivity index (χ3v) is 6.28. The van der Waals surface area contributed by atoms with Crippen LogP contribution < -0.4 is 9.80 Å². The van der Waals surface area contributed by atoms with Gasteiger partial charge in [0.15, 0.2) is 5.13 Å². The summed E-state index contributed by atoms with van der Waals surface area (Å²) in [6.07, 6.45) is 1.33. The Morgan fingerprint density at radius 3 is 2.57 bits per heavy atom. The van der Waals surface area contributed by atoms with Crippen molar-refractivity contribution in [1.82, 2.24) is 4.98 Å². The Kier molecular flexibility index (Phi) is 4.95. The average Bonchev–Trinajstić information content (AvgIpc) is 3.17. The van der Waals surface area contributed by atoms with Gasteiger partial charge in [0, 0.05) is 32.1 Å². The minimum atomic E-state index is -0.354. The minimum absolute atomic E-state index is 0.0567. The van der Waals surface area contributed by atoms with Crippen LogP contribution in [-0.2, 0) is 4.79 Å². The Hall–Kier alpha value is -3.00. The summed E-state index contributed by atoms with van der Waals surface area (Å²) in [5, 5.41) is 12.0. The van der Waals surface area contributed by atoms with Crippen LogP contribution >= 0.6 is 11.3 Å². The fourth-order valence-electron chi connectivity index (χ4n) is 3.62. The zero-order valence-electron chi connectivity index (χ0n) is 15.4. The van der Waals surface area contributed by atoms with Gasteiger partial charge in [-0.1, -0.05) is 35.6 Å². The Balaban J connectivity index is 1.44. The van der Waals surface area contributed by atoms with Gasteiger partial charge in [-0.15, -0.1) is 0 Å². The number of thiazole rings is 1. The lowest BCUT2D eigenvalue weighted by molar-refractivity contribution is -0.384. The van der Waals surface area contributed by atoms with Crippen molar-refractivity contribution in [2.75, 3.05) is 29.9 Å². The van der Waals surface area contributed by atoms with Crippen LogP contribution in [0.4, 0.5) is 16.5 Å². The molecule has 1 saturated heterocycles. The standard InChI is InChI=1S/C20H20N4O3S/c1-22(20-21-15-6-2-5-9-18(15)28-20)19(25)14-10-12-23(13-11-14)16-7-3-4-8-17(16)24(26)27/h2-9,14H,10-13H2,1H3. The molecule has 28 heavy (non-hydrogen) atoms. The van der Waals surface area contributed by atoms with Crippen LogP contribution in [0.2, 0.25) is 0 Å². The van der Waals surface area contributed by atoms with Gasteiger partial charge >= 0.3 is 0 Å². The van der Waals surface area contributed by atoms with Gasteiger partial charge in [0.25, 0.3) is 5.69 Å². The van der Waals surface area contributed by atoms with E-state index in [1.54, 1.807) is 30.1 Å². The highest BCUT2D eigenvalue weighted by Crippen LogP contribution is 2.33. The number of anilines is 2. The van der Waals surface area contributed by atoms with E-state index in [9.17, 15) is 14.9 Å². The zero-order valence-corrected chi connectivity index (χ0v) is 16.3. The molecule has 0 unspecified atom stereocenters. The Bertz CT molecular complexity index is 994. The molecule has 3 aromatic rings. The minimum Gasteiger partial charge on any atom is -0.366 e. The molecule has 1 amide bonds. The second-order valence-corrected chi connectivity index (χ2v) is 7.88. The quantitative estimate of drug-likeness (QED) is 0.490. The number of hydrogen-bond donors (Lipinski definition) is 0. The van der Waals surface area contributed by atoms with Crippen molar-refractivity contribution in [2.45, 2.75) is 12.8 Å². The van der Waals surface area contributed by atoms with Gasteiger partial charge in [-0.25, -0.2) is 4.98 Å². The Labute approximate surface area is 166 Å². The number of carbonyl (C=O) groups is 1. The summed E-state index contributed by atoms with van der Waals surface area (Å²) in [4.78, 5) is 32.1. The molecule has 0 saturated carbocycles. The summed E-state index contributed by atoms with van der Waals surface area (Å²) in [6, 6.07) is 14.6. The molecule has 0 aliphatic carbocycles.